The zero-order valence-corrected chi connectivity index (χ0v) is 33.8. The van der Waals surface area contributed by atoms with Gasteiger partial charge in [-0.25, -0.2) is 0 Å². The highest BCUT2D eigenvalue weighted by Gasteiger charge is 2.72. The Morgan fingerprint density at radius 1 is 0.846 bits per heavy atom. The summed E-state index contributed by atoms with van der Waals surface area (Å²) in [4.78, 5) is 50.3. The average molecular weight is 719 g/mol. The molecular formula is C43H66N4O5. The van der Waals surface area contributed by atoms with Crippen LogP contribution in [0.15, 0.2) is 12.2 Å². The third-order valence-electron chi connectivity index (χ3n) is 16.6. The fourth-order valence-electron chi connectivity index (χ4n) is 13.5. The number of hydrogen-bond donors (Lipinski definition) is 1. The summed E-state index contributed by atoms with van der Waals surface area (Å²) in [6, 6.07) is 0. The smallest absolute Gasteiger partial charge is 0.325 e. The van der Waals surface area contributed by atoms with Gasteiger partial charge in [0.1, 0.15) is 19.3 Å². The van der Waals surface area contributed by atoms with Crippen molar-refractivity contribution in [2.75, 3.05) is 20.1 Å². The lowest BCUT2D eigenvalue weighted by molar-refractivity contribution is -0.251. The average Bonchev–Trinajstić information content (AvgIpc) is 3.48. The number of nitrogens with two attached hydrogens (primary N) is 1. The first-order chi connectivity index (χ1) is 24.3. The van der Waals surface area contributed by atoms with Gasteiger partial charge in [-0.1, -0.05) is 46.8 Å². The number of nitrogens with zero attached hydrogens (tertiary/aromatic N) is 3. The second-order valence-corrected chi connectivity index (χ2v) is 19.1. The Labute approximate surface area is 312 Å². The van der Waals surface area contributed by atoms with Gasteiger partial charge in [0, 0.05) is 12.5 Å². The number of amides is 1. The van der Waals surface area contributed by atoms with Crippen LogP contribution in [0.25, 0.3) is 0 Å². The maximum Gasteiger partial charge on any atom is 0.325 e. The van der Waals surface area contributed by atoms with Crippen LogP contribution in [0.2, 0.25) is 0 Å². The van der Waals surface area contributed by atoms with E-state index in [1.165, 1.54) is 10.5 Å². The van der Waals surface area contributed by atoms with Crippen molar-refractivity contribution >= 4 is 17.8 Å². The monoisotopic (exact) mass is 719 g/mol. The SMILES string of the molecule is C=C(C)[C@@H]1CC[C@]2(C(=O)OCc3nc(C)c(C)nc3C)CC[C@]3(C)[C@H](CC[C@@H]4[C@@]5(C)CC[C@H](OC(=O)CN(C)C(=O)CN)C(C)(C)[C@@H]5CC[C@]43C)[C@@H]12. The van der Waals surface area contributed by atoms with Crippen molar-refractivity contribution in [3.05, 3.63) is 34.9 Å². The molecule has 5 saturated carbocycles. The summed E-state index contributed by atoms with van der Waals surface area (Å²) in [5.74, 6) is 1.24. The van der Waals surface area contributed by atoms with Crippen LogP contribution in [0.5, 0.6) is 0 Å². The highest BCUT2D eigenvalue weighted by Crippen LogP contribution is 2.77. The fourth-order valence-corrected chi connectivity index (χ4v) is 13.5. The van der Waals surface area contributed by atoms with E-state index >= 15 is 0 Å². The van der Waals surface area contributed by atoms with Crippen molar-refractivity contribution < 1.29 is 23.9 Å². The first kappa shape index (κ1) is 38.9. The Kier molecular flexibility index (Phi) is 10.1. The summed E-state index contributed by atoms with van der Waals surface area (Å²) in [5, 5.41) is 0. The molecule has 5 aliphatic rings. The highest BCUT2D eigenvalue weighted by atomic mass is 16.5. The number of hydrogen-bond acceptors (Lipinski definition) is 8. The lowest BCUT2D eigenvalue weighted by Crippen LogP contribution is -2.67. The lowest BCUT2D eigenvalue weighted by Gasteiger charge is -2.72. The van der Waals surface area contributed by atoms with Gasteiger partial charge in [0.05, 0.1) is 34.7 Å². The summed E-state index contributed by atoms with van der Waals surface area (Å²) in [5.41, 5.74) is 9.70. The summed E-state index contributed by atoms with van der Waals surface area (Å²) < 4.78 is 12.5. The zero-order valence-electron chi connectivity index (χ0n) is 33.8. The molecule has 0 saturated heterocycles. The molecule has 1 aromatic rings. The Morgan fingerprint density at radius 3 is 2.21 bits per heavy atom. The van der Waals surface area contributed by atoms with E-state index < -0.39 is 5.41 Å². The molecule has 0 aromatic carbocycles. The molecule has 0 unspecified atom stereocenters. The number of rotatable bonds is 8. The molecule has 0 spiro atoms. The largest absolute Gasteiger partial charge is 0.460 e. The number of likely N-dealkylation sites (N-methyl/N-ethyl adjacent to an activating group) is 1. The number of fused-ring (bicyclic) bond motifs is 7. The molecule has 9 heteroatoms. The molecule has 52 heavy (non-hydrogen) atoms. The van der Waals surface area contributed by atoms with E-state index in [1.807, 2.05) is 20.8 Å². The Balaban J connectivity index is 1.24. The first-order valence-corrected chi connectivity index (χ1v) is 20.0. The van der Waals surface area contributed by atoms with Crippen LogP contribution in [0.4, 0.5) is 0 Å². The molecule has 10 atom stereocenters. The van der Waals surface area contributed by atoms with Gasteiger partial charge in [-0.3, -0.25) is 24.4 Å². The van der Waals surface area contributed by atoms with E-state index in [4.69, 9.17) is 20.2 Å². The van der Waals surface area contributed by atoms with Crippen LogP contribution in [0, 0.1) is 77.4 Å². The third-order valence-corrected chi connectivity index (χ3v) is 16.6. The number of esters is 2. The number of carbonyl (C=O) groups excluding carboxylic acids is 3. The minimum Gasteiger partial charge on any atom is -0.460 e. The third kappa shape index (κ3) is 5.85. The molecule has 2 N–H and O–H groups in total. The number of carbonyl (C=O) groups is 3. The number of aromatic nitrogens is 2. The standard InChI is InChI=1S/C43H66N4O5/c1-25(2)29-14-19-43(38(50)51-24-31-28(5)45-26(3)27(4)46-31)21-20-41(9)30(37(29)43)12-13-33-40(8)17-16-34(52-36(49)23-47(11)35(48)22-44)39(6,7)32(40)15-18-42(33,41)10/h29-30,32-34,37H,1,12-24,44H2,2-11H3/t29-,30+,32-,33+,34-,37+,40-,41+,42+,43-/m0/s1. The van der Waals surface area contributed by atoms with Crippen molar-refractivity contribution in [3.63, 3.8) is 0 Å². The number of ether oxygens (including phenoxy) is 2. The van der Waals surface area contributed by atoms with Gasteiger partial charge in [-0.05, 0) is 138 Å². The Morgan fingerprint density at radius 2 is 1.54 bits per heavy atom. The molecule has 0 radical (unpaired) electrons. The van der Waals surface area contributed by atoms with Crippen LogP contribution in [-0.2, 0) is 30.5 Å². The fraction of sp³-hybridized carbons (Fsp3) is 0.791. The quantitative estimate of drug-likeness (QED) is 0.217. The maximum absolute atomic E-state index is 14.5. The van der Waals surface area contributed by atoms with Gasteiger partial charge in [0.25, 0.3) is 0 Å². The van der Waals surface area contributed by atoms with Crippen molar-refractivity contribution in [1.82, 2.24) is 14.9 Å². The van der Waals surface area contributed by atoms with Gasteiger partial charge in [0.15, 0.2) is 0 Å². The minimum absolute atomic E-state index is 0.0427. The Bertz CT molecular complexity index is 1620. The van der Waals surface area contributed by atoms with Gasteiger partial charge in [-0.15, -0.1) is 0 Å². The van der Waals surface area contributed by atoms with Crippen LogP contribution < -0.4 is 5.73 Å². The van der Waals surface area contributed by atoms with Gasteiger partial charge in [-0.2, -0.15) is 0 Å². The molecule has 5 fully saturated rings. The predicted molar refractivity (Wildman–Crippen MR) is 202 cm³/mol. The van der Waals surface area contributed by atoms with E-state index in [1.54, 1.807) is 7.05 Å². The predicted octanol–water partition coefficient (Wildman–Crippen LogP) is 7.43. The molecule has 6 rings (SSSR count). The second-order valence-electron chi connectivity index (χ2n) is 19.1. The van der Waals surface area contributed by atoms with Gasteiger partial charge >= 0.3 is 11.9 Å². The molecular weight excluding hydrogens is 652 g/mol. The summed E-state index contributed by atoms with van der Waals surface area (Å²) in [6.07, 6.45) is 9.90. The van der Waals surface area contributed by atoms with Crippen LogP contribution in [0.3, 0.4) is 0 Å². The van der Waals surface area contributed by atoms with Crippen molar-refractivity contribution in [2.24, 2.45) is 62.4 Å². The molecule has 288 valence electrons. The molecule has 1 amide bonds. The van der Waals surface area contributed by atoms with Gasteiger partial charge in [0.2, 0.25) is 5.91 Å². The number of aryl methyl sites for hydroxylation is 3. The maximum atomic E-state index is 14.5. The van der Waals surface area contributed by atoms with Crippen LogP contribution in [0.1, 0.15) is 129 Å². The topological polar surface area (TPSA) is 125 Å². The van der Waals surface area contributed by atoms with E-state index in [2.05, 4.69) is 53.1 Å². The highest BCUT2D eigenvalue weighted by molar-refractivity contribution is 5.83. The molecule has 9 nitrogen and oxygen atoms in total. The second kappa shape index (κ2) is 13.5. The zero-order chi connectivity index (χ0) is 38.2. The molecule has 1 heterocycles. The molecule has 0 bridgehead atoms. The lowest BCUT2D eigenvalue weighted by atomic mass is 9.32. The van der Waals surface area contributed by atoms with E-state index in [-0.39, 0.29) is 71.2 Å². The molecule has 5 aliphatic carbocycles. The Hall–Kier alpha value is -2.81. The van der Waals surface area contributed by atoms with E-state index in [0.29, 0.717) is 23.7 Å². The van der Waals surface area contributed by atoms with Crippen molar-refractivity contribution in [3.8, 4) is 0 Å². The van der Waals surface area contributed by atoms with E-state index in [9.17, 15) is 14.4 Å². The summed E-state index contributed by atoms with van der Waals surface area (Å²) in [7, 11) is 1.60. The summed E-state index contributed by atoms with van der Waals surface area (Å²) >= 11 is 0. The number of allylic oxidation sites excluding steroid dienone is 1. The van der Waals surface area contributed by atoms with Crippen LogP contribution in [-0.4, -0.2) is 59.0 Å². The molecule has 0 aliphatic heterocycles. The van der Waals surface area contributed by atoms with Gasteiger partial charge < -0.3 is 20.1 Å². The minimum atomic E-state index is -0.494. The van der Waals surface area contributed by atoms with Crippen molar-refractivity contribution in [1.29, 1.82) is 0 Å². The van der Waals surface area contributed by atoms with E-state index in [0.717, 1.165) is 87.0 Å². The van der Waals surface area contributed by atoms with Crippen molar-refractivity contribution in [2.45, 2.75) is 139 Å². The molecule has 1 aromatic heterocycles. The normalized spacial score (nSPS) is 38.9. The first-order valence-electron chi connectivity index (χ1n) is 20.0. The van der Waals surface area contributed by atoms with Crippen LogP contribution >= 0.6 is 0 Å². The summed E-state index contributed by atoms with van der Waals surface area (Å²) in [6.45, 7) is 24.9.